The predicted octanol–water partition coefficient (Wildman–Crippen LogP) is 2.09. The molecule has 1 unspecified atom stereocenters. The highest BCUT2D eigenvalue weighted by Crippen LogP contribution is 2.29. The van der Waals surface area contributed by atoms with Gasteiger partial charge in [-0.2, -0.15) is 0 Å². The molecular weight excluding hydrogens is 262 g/mol. The van der Waals surface area contributed by atoms with Crippen LogP contribution in [0.4, 0.5) is 0 Å². The number of carbonyl (C=O) groups is 1. The number of rotatable bonds is 4. The molecule has 1 aliphatic rings. The Morgan fingerprint density at radius 1 is 1.53 bits per heavy atom. The average molecular weight is 277 g/mol. The maximum absolute atomic E-state index is 12.0. The fraction of sp³-hybridized carbons (Fsp3) is 0.385. The topological polar surface area (TPSA) is 67.2 Å². The van der Waals surface area contributed by atoms with Crippen LogP contribution in [0.15, 0.2) is 29.0 Å². The van der Waals surface area contributed by atoms with Crippen molar-refractivity contribution in [2.45, 2.75) is 25.4 Å². The van der Waals surface area contributed by atoms with Gasteiger partial charge in [0.2, 0.25) is 0 Å². The van der Waals surface area contributed by atoms with E-state index in [2.05, 4.69) is 15.8 Å². The van der Waals surface area contributed by atoms with E-state index in [9.17, 15) is 4.79 Å². The summed E-state index contributed by atoms with van der Waals surface area (Å²) in [5.41, 5.74) is 0.725. The highest BCUT2D eigenvalue weighted by molar-refractivity contribution is 7.14. The van der Waals surface area contributed by atoms with E-state index in [1.165, 1.54) is 17.6 Å². The molecule has 1 fully saturated rings. The summed E-state index contributed by atoms with van der Waals surface area (Å²) in [6.45, 7) is 1.46. The van der Waals surface area contributed by atoms with Crippen LogP contribution >= 0.6 is 11.3 Å². The molecule has 3 heterocycles. The molecule has 0 radical (unpaired) electrons. The van der Waals surface area contributed by atoms with Crippen molar-refractivity contribution in [3.05, 3.63) is 39.9 Å². The van der Waals surface area contributed by atoms with Gasteiger partial charge in [-0.15, -0.1) is 11.3 Å². The number of thiophene rings is 1. The molecule has 0 aliphatic carbocycles. The lowest BCUT2D eigenvalue weighted by Crippen LogP contribution is -2.21. The van der Waals surface area contributed by atoms with E-state index in [0.29, 0.717) is 12.6 Å². The largest absolute Gasteiger partial charge is 0.364 e. The van der Waals surface area contributed by atoms with Crippen molar-refractivity contribution >= 4 is 17.2 Å². The van der Waals surface area contributed by atoms with Gasteiger partial charge in [0.1, 0.15) is 12.0 Å². The third-order valence-electron chi connectivity index (χ3n) is 3.18. The van der Waals surface area contributed by atoms with Gasteiger partial charge in [-0.25, -0.2) is 0 Å². The van der Waals surface area contributed by atoms with Crippen LogP contribution in [0.3, 0.4) is 0 Å². The molecule has 0 spiro atoms. The van der Waals surface area contributed by atoms with Crippen LogP contribution < -0.4 is 10.6 Å². The first-order valence-corrected chi connectivity index (χ1v) is 7.15. The molecular formula is C13H15N3O2S. The number of hydrogen-bond donors (Lipinski definition) is 2. The van der Waals surface area contributed by atoms with Crippen molar-refractivity contribution in [2.75, 3.05) is 6.54 Å². The van der Waals surface area contributed by atoms with Crippen LogP contribution in [-0.2, 0) is 6.54 Å². The quantitative estimate of drug-likeness (QED) is 0.898. The zero-order valence-corrected chi connectivity index (χ0v) is 11.2. The van der Waals surface area contributed by atoms with Gasteiger partial charge in [0.25, 0.3) is 5.91 Å². The van der Waals surface area contributed by atoms with E-state index in [-0.39, 0.29) is 5.91 Å². The number of aromatic nitrogens is 1. The molecule has 1 saturated heterocycles. The lowest BCUT2D eigenvalue weighted by atomic mass is 10.2. The number of amides is 1. The molecule has 2 N–H and O–H groups in total. The van der Waals surface area contributed by atoms with E-state index in [1.807, 2.05) is 12.1 Å². The van der Waals surface area contributed by atoms with Crippen LogP contribution in [0.2, 0.25) is 0 Å². The van der Waals surface area contributed by atoms with E-state index in [0.717, 1.165) is 23.5 Å². The van der Waals surface area contributed by atoms with Gasteiger partial charge in [-0.05, 0) is 31.5 Å². The molecule has 0 bridgehead atoms. The van der Waals surface area contributed by atoms with E-state index in [1.54, 1.807) is 17.4 Å². The molecule has 5 nitrogen and oxygen atoms in total. The molecule has 0 saturated carbocycles. The molecule has 6 heteroatoms. The Labute approximate surface area is 115 Å². The lowest BCUT2D eigenvalue weighted by Gasteiger charge is -2.05. The zero-order chi connectivity index (χ0) is 13.1. The third kappa shape index (κ3) is 2.85. The van der Waals surface area contributed by atoms with Gasteiger partial charge < -0.3 is 15.2 Å². The second kappa shape index (κ2) is 5.54. The maximum Gasteiger partial charge on any atom is 0.261 e. The van der Waals surface area contributed by atoms with Crippen LogP contribution in [0, 0.1) is 0 Å². The highest BCUT2D eigenvalue weighted by atomic mass is 32.1. The monoisotopic (exact) mass is 277 g/mol. The molecule has 1 atom stereocenters. The summed E-state index contributed by atoms with van der Waals surface area (Å²) in [7, 11) is 0. The van der Waals surface area contributed by atoms with Crippen molar-refractivity contribution in [2.24, 2.45) is 0 Å². The van der Waals surface area contributed by atoms with Crippen molar-refractivity contribution in [3.8, 4) is 0 Å². The second-order valence-electron chi connectivity index (χ2n) is 4.52. The molecule has 19 heavy (non-hydrogen) atoms. The standard InChI is InChI=1S/C13H15N3O2S/c17-13(15-8-9-5-7-18-16-9)12-4-3-11(19-12)10-2-1-6-14-10/h3-5,7,10,14H,1-2,6,8H2,(H,15,17). The van der Waals surface area contributed by atoms with Gasteiger partial charge in [0.15, 0.2) is 0 Å². The van der Waals surface area contributed by atoms with Crippen LogP contribution in [-0.4, -0.2) is 17.6 Å². The molecule has 2 aromatic heterocycles. The number of carbonyl (C=O) groups excluding carboxylic acids is 1. The Kier molecular flexibility index (Phi) is 3.61. The Hall–Kier alpha value is -1.66. The summed E-state index contributed by atoms with van der Waals surface area (Å²) >= 11 is 1.56. The number of nitrogens with zero attached hydrogens (tertiary/aromatic N) is 1. The first kappa shape index (κ1) is 12.4. The van der Waals surface area contributed by atoms with Crippen LogP contribution in [0.25, 0.3) is 0 Å². The molecule has 1 amide bonds. The van der Waals surface area contributed by atoms with Gasteiger partial charge in [-0.3, -0.25) is 4.79 Å². The summed E-state index contributed by atoms with van der Waals surface area (Å²) in [6.07, 6.45) is 3.85. The van der Waals surface area contributed by atoms with E-state index >= 15 is 0 Å². The molecule has 2 aromatic rings. The number of nitrogens with one attached hydrogen (secondary N) is 2. The normalized spacial score (nSPS) is 18.6. The second-order valence-corrected chi connectivity index (χ2v) is 5.64. The van der Waals surface area contributed by atoms with Crippen LogP contribution in [0.1, 0.15) is 39.1 Å². The zero-order valence-electron chi connectivity index (χ0n) is 10.4. The summed E-state index contributed by atoms with van der Waals surface area (Å²) in [5, 5.41) is 10.0. The minimum absolute atomic E-state index is 0.0581. The highest BCUT2D eigenvalue weighted by Gasteiger charge is 2.19. The van der Waals surface area contributed by atoms with Crippen molar-refractivity contribution in [3.63, 3.8) is 0 Å². The van der Waals surface area contributed by atoms with Gasteiger partial charge in [0, 0.05) is 17.0 Å². The van der Waals surface area contributed by atoms with Crippen molar-refractivity contribution in [1.82, 2.24) is 15.8 Å². The number of hydrogen-bond acceptors (Lipinski definition) is 5. The van der Waals surface area contributed by atoms with Crippen molar-refractivity contribution < 1.29 is 9.32 Å². The first-order chi connectivity index (χ1) is 9.33. The summed E-state index contributed by atoms with van der Waals surface area (Å²) < 4.78 is 4.72. The van der Waals surface area contributed by atoms with Crippen LogP contribution in [0.5, 0.6) is 0 Å². The summed E-state index contributed by atoms with van der Waals surface area (Å²) in [5.74, 6) is -0.0581. The average Bonchev–Trinajstić information content (AvgIpc) is 3.14. The minimum Gasteiger partial charge on any atom is -0.364 e. The molecule has 100 valence electrons. The first-order valence-electron chi connectivity index (χ1n) is 6.33. The Bertz CT molecular complexity index is 544. The smallest absolute Gasteiger partial charge is 0.261 e. The SMILES string of the molecule is O=C(NCc1ccon1)c1ccc(C2CCCN2)s1. The van der Waals surface area contributed by atoms with E-state index < -0.39 is 0 Å². The Morgan fingerprint density at radius 2 is 2.47 bits per heavy atom. The molecule has 0 aromatic carbocycles. The summed E-state index contributed by atoms with van der Waals surface area (Å²) in [6, 6.07) is 6.08. The lowest BCUT2D eigenvalue weighted by molar-refractivity contribution is 0.0954. The molecule has 1 aliphatic heterocycles. The fourth-order valence-electron chi connectivity index (χ4n) is 2.18. The Balaban J connectivity index is 1.60. The molecule has 3 rings (SSSR count). The van der Waals surface area contributed by atoms with Crippen molar-refractivity contribution in [1.29, 1.82) is 0 Å². The maximum atomic E-state index is 12.0. The van der Waals surface area contributed by atoms with Gasteiger partial charge in [-0.1, -0.05) is 5.16 Å². The predicted molar refractivity (Wildman–Crippen MR) is 72.0 cm³/mol. The Morgan fingerprint density at radius 3 is 3.21 bits per heavy atom. The fourth-order valence-corrected chi connectivity index (χ4v) is 3.21. The van der Waals surface area contributed by atoms with Gasteiger partial charge in [0.05, 0.1) is 11.4 Å². The summed E-state index contributed by atoms with van der Waals surface area (Å²) in [4.78, 5) is 14.0. The minimum atomic E-state index is -0.0581. The third-order valence-corrected chi connectivity index (χ3v) is 4.37. The van der Waals surface area contributed by atoms with E-state index in [4.69, 9.17) is 4.52 Å². The van der Waals surface area contributed by atoms with Gasteiger partial charge >= 0.3 is 0 Å².